The van der Waals surface area contributed by atoms with Gasteiger partial charge in [-0.05, 0) is 30.5 Å². The lowest BCUT2D eigenvalue weighted by Gasteiger charge is -2.15. The summed E-state index contributed by atoms with van der Waals surface area (Å²) < 4.78 is 5.98. The van der Waals surface area contributed by atoms with Crippen molar-refractivity contribution in [2.75, 3.05) is 0 Å². The van der Waals surface area contributed by atoms with Crippen LogP contribution in [0.5, 0.6) is 0 Å². The zero-order chi connectivity index (χ0) is 11.9. The number of nitrogens with zero attached hydrogens (tertiary/aromatic N) is 1. The molecule has 0 aliphatic heterocycles. The maximum Gasteiger partial charge on any atom is 0.0721 e. The van der Waals surface area contributed by atoms with Crippen LogP contribution in [0, 0.1) is 0 Å². The van der Waals surface area contributed by atoms with Crippen molar-refractivity contribution < 1.29 is 4.74 Å². The number of pyridine rings is 1. The summed E-state index contributed by atoms with van der Waals surface area (Å²) in [5.74, 6) is 0. The molecule has 3 nitrogen and oxygen atoms in total. The zero-order valence-electron chi connectivity index (χ0n) is 10.4. The lowest BCUT2D eigenvalue weighted by Crippen LogP contribution is -2.11. The minimum Gasteiger partial charge on any atom is -0.374 e. The van der Waals surface area contributed by atoms with Crippen molar-refractivity contribution in [2.24, 2.45) is 5.73 Å². The van der Waals surface area contributed by atoms with E-state index in [9.17, 15) is 0 Å². The second-order valence-electron chi connectivity index (χ2n) is 4.78. The van der Waals surface area contributed by atoms with E-state index in [1.54, 1.807) is 0 Å². The summed E-state index contributed by atoms with van der Waals surface area (Å²) in [5, 5.41) is 0. The fraction of sp³-hybridized carbons (Fsp3) is 0.643. The van der Waals surface area contributed by atoms with Crippen LogP contribution in [0.25, 0.3) is 0 Å². The number of hydrogen-bond acceptors (Lipinski definition) is 3. The highest BCUT2D eigenvalue weighted by molar-refractivity contribution is 5.15. The van der Waals surface area contributed by atoms with Gasteiger partial charge in [0.2, 0.25) is 0 Å². The Hall–Kier alpha value is -0.930. The molecule has 1 aromatic heterocycles. The zero-order valence-corrected chi connectivity index (χ0v) is 10.4. The van der Waals surface area contributed by atoms with Crippen molar-refractivity contribution >= 4 is 0 Å². The van der Waals surface area contributed by atoms with E-state index in [1.807, 2.05) is 18.3 Å². The lowest BCUT2D eigenvalue weighted by molar-refractivity contribution is 0.0309. The summed E-state index contributed by atoms with van der Waals surface area (Å²) in [6.07, 6.45) is 10.1. The van der Waals surface area contributed by atoms with Gasteiger partial charge in [0, 0.05) is 12.7 Å². The predicted molar refractivity (Wildman–Crippen MR) is 68.4 cm³/mol. The van der Waals surface area contributed by atoms with Crippen molar-refractivity contribution in [3.05, 3.63) is 29.6 Å². The Bertz CT molecular complexity index is 333. The first-order valence-corrected chi connectivity index (χ1v) is 6.64. The van der Waals surface area contributed by atoms with E-state index < -0.39 is 0 Å². The first kappa shape index (κ1) is 12.5. The van der Waals surface area contributed by atoms with Gasteiger partial charge in [0.05, 0.1) is 18.4 Å². The molecule has 0 unspecified atom stereocenters. The number of rotatable bonds is 4. The van der Waals surface area contributed by atoms with Gasteiger partial charge < -0.3 is 10.5 Å². The largest absolute Gasteiger partial charge is 0.374 e. The molecule has 94 valence electrons. The van der Waals surface area contributed by atoms with E-state index in [1.165, 1.54) is 44.1 Å². The maximum atomic E-state index is 5.98. The minimum absolute atomic E-state index is 0.451. The Morgan fingerprint density at radius 2 is 2.00 bits per heavy atom. The molecule has 17 heavy (non-hydrogen) atoms. The van der Waals surface area contributed by atoms with Crippen LogP contribution in [-0.2, 0) is 17.9 Å². The average molecular weight is 234 g/mol. The molecule has 1 aromatic rings. The summed E-state index contributed by atoms with van der Waals surface area (Å²) in [6.45, 7) is 1.19. The molecule has 0 saturated heterocycles. The Labute approximate surface area is 103 Å². The Balaban J connectivity index is 1.83. The third-order valence-electron chi connectivity index (χ3n) is 3.38. The van der Waals surface area contributed by atoms with Crippen LogP contribution in [0.1, 0.15) is 49.8 Å². The first-order valence-electron chi connectivity index (χ1n) is 6.64. The summed E-state index contributed by atoms with van der Waals surface area (Å²) in [4.78, 5) is 4.19. The molecule has 0 radical (unpaired) electrons. The summed E-state index contributed by atoms with van der Waals surface area (Å²) >= 11 is 0. The molecule has 1 fully saturated rings. The topological polar surface area (TPSA) is 48.1 Å². The molecule has 1 aliphatic rings. The molecule has 1 heterocycles. The van der Waals surface area contributed by atoms with Crippen molar-refractivity contribution in [2.45, 2.75) is 57.8 Å². The molecule has 1 aliphatic carbocycles. The van der Waals surface area contributed by atoms with Gasteiger partial charge in [-0.25, -0.2) is 0 Å². The lowest BCUT2D eigenvalue weighted by atomic mass is 10.1. The van der Waals surface area contributed by atoms with Crippen LogP contribution in [0.3, 0.4) is 0 Å². The van der Waals surface area contributed by atoms with Gasteiger partial charge in [0.25, 0.3) is 0 Å². The molecule has 0 spiro atoms. The van der Waals surface area contributed by atoms with E-state index >= 15 is 0 Å². The Morgan fingerprint density at radius 3 is 2.71 bits per heavy atom. The highest BCUT2D eigenvalue weighted by atomic mass is 16.5. The van der Waals surface area contributed by atoms with Gasteiger partial charge >= 0.3 is 0 Å². The highest BCUT2D eigenvalue weighted by Crippen LogP contribution is 2.20. The number of nitrogens with two attached hydrogens (primary N) is 1. The molecule has 1 saturated carbocycles. The molecule has 0 aromatic carbocycles. The van der Waals surface area contributed by atoms with Gasteiger partial charge in [-0.15, -0.1) is 0 Å². The van der Waals surface area contributed by atoms with Gasteiger partial charge in [0.1, 0.15) is 0 Å². The summed E-state index contributed by atoms with van der Waals surface area (Å²) in [6, 6.07) is 4.05. The molecule has 0 atom stereocenters. The van der Waals surface area contributed by atoms with E-state index in [0.29, 0.717) is 19.3 Å². The molecule has 0 bridgehead atoms. The fourth-order valence-corrected chi connectivity index (χ4v) is 2.35. The molecule has 2 N–H and O–H groups in total. The van der Waals surface area contributed by atoms with E-state index in [-0.39, 0.29) is 0 Å². The second kappa shape index (κ2) is 6.72. The van der Waals surface area contributed by atoms with E-state index in [0.717, 1.165) is 5.69 Å². The van der Waals surface area contributed by atoms with Crippen molar-refractivity contribution in [3.8, 4) is 0 Å². The van der Waals surface area contributed by atoms with E-state index in [4.69, 9.17) is 10.5 Å². The Morgan fingerprint density at radius 1 is 1.24 bits per heavy atom. The van der Waals surface area contributed by atoms with Crippen LogP contribution in [0.4, 0.5) is 0 Å². The SMILES string of the molecule is NCc1cc(COC2CCCCCC2)ccn1. The quantitative estimate of drug-likeness (QED) is 0.815. The summed E-state index contributed by atoms with van der Waals surface area (Å²) in [5.41, 5.74) is 7.70. The monoisotopic (exact) mass is 234 g/mol. The van der Waals surface area contributed by atoms with Gasteiger partial charge in [-0.3, -0.25) is 4.98 Å². The third kappa shape index (κ3) is 4.10. The number of hydrogen-bond donors (Lipinski definition) is 1. The molecule has 2 rings (SSSR count). The van der Waals surface area contributed by atoms with Crippen molar-refractivity contribution in [1.82, 2.24) is 4.98 Å². The minimum atomic E-state index is 0.451. The number of aromatic nitrogens is 1. The summed E-state index contributed by atoms with van der Waals surface area (Å²) in [7, 11) is 0. The maximum absolute atomic E-state index is 5.98. The molecular weight excluding hydrogens is 212 g/mol. The molecule has 0 amide bonds. The first-order chi connectivity index (χ1) is 8.38. The van der Waals surface area contributed by atoms with Crippen molar-refractivity contribution in [1.29, 1.82) is 0 Å². The van der Waals surface area contributed by atoms with Gasteiger partial charge in [-0.1, -0.05) is 25.7 Å². The van der Waals surface area contributed by atoms with Crippen LogP contribution in [0.2, 0.25) is 0 Å². The standard InChI is InChI=1S/C14H22N2O/c15-10-13-9-12(7-8-16-13)11-17-14-5-3-1-2-4-6-14/h7-9,14H,1-6,10-11,15H2. The normalized spacial score (nSPS) is 17.9. The predicted octanol–water partition coefficient (Wildman–Crippen LogP) is 2.78. The van der Waals surface area contributed by atoms with Crippen LogP contribution < -0.4 is 5.73 Å². The van der Waals surface area contributed by atoms with E-state index in [2.05, 4.69) is 4.98 Å². The fourth-order valence-electron chi connectivity index (χ4n) is 2.35. The third-order valence-corrected chi connectivity index (χ3v) is 3.38. The van der Waals surface area contributed by atoms with Gasteiger partial charge in [0.15, 0.2) is 0 Å². The van der Waals surface area contributed by atoms with Crippen LogP contribution >= 0.6 is 0 Å². The highest BCUT2D eigenvalue weighted by Gasteiger charge is 2.12. The molecular formula is C14H22N2O. The van der Waals surface area contributed by atoms with Crippen LogP contribution in [0.15, 0.2) is 18.3 Å². The van der Waals surface area contributed by atoms with Gasteiger partial charge in [-0.2, -0.15) is 0 Å². The smallest absolute Gasteiger partial charge is 0.0721 e. The molecule has 3 heteroatoms. The Kier molecular flexibility index (Phi) is 4.95. The second-order valence-corrected chi connectivity index (χ2v) is 4.78. The van der Waals surface area contributed by atoms with Crippen molar-refractivity contribution in [3.63, 3.8) is 0 Å². The number of ether oxygens (including phenoxy) is 1. The van der Waals surface area contributed by atoms with Crippen LogP contribution in [-0.4, -0.2) is 11.1 Å². The average Bonchev–Trinajstić information content (AvgIpc) is 2.65.